The van der Waals surface area contributed by atoms with Crippen LogP contribution in [0.3, 0.4) is 0 Å². The largest absolute Gasteiger partial charge is 0.393 e. The third-order valence-corrected chi connectivity index (χ3v) is 7.62. The third kappa shape index (κ3) is 0.989. The van der Waals surface area contributed by atoms with Gasteiger partial charge in [-0.25, -0.2) is 0 Å². The molecule has 2 heterocycles. The van der Waals surface area contributed by atoms with E-state index in [0.717, 1.165) is 12.8 Å². The molecule has 8 atom stereocenters. The second-order valence-electron chi connectivity index (χ2n) is 7.86. The molecule has 0 amide bonds. The van der Waals surface area contributed by atoms with Gasteiger partial charge < -0.3 is 9.47 Å². The van der Waals surface area contributed by atoms with Gasteiger partial charge >= 0.3 is 23.9 Å². The summed E-state index contributed by atoms with van der Waals surface area (Å²) in [5.41, 5.74) is 0. The van der Waals surface area contributed by atoms with E-state index >= 15 is 0 Å². The molecule has 114 valence electrons. The maximum absolute atomic E-state index is 12.0. The van der Waals surface area contributed by atoms with E-state index in [4.69, 9.17) is 9.47 Å². The number of ether oxygens (including phenoxy) is 2. The van der Waals surface area contributed by atoms with Crippen LogP contribution < -0.4 is 0 Å². The Morgan fingerprint density at radius 3 is 1.09 bits per heavy atom. The van der Waals surface area contributed by atoms with E-state index in [0.29, 0.717) is 0 Å². The topological polar surface area (TPSA) is 86.7 Å². The maximum atomic E-state index is 12.0. The second kappa shape index (κ2) is 3.29. The van der Waals surface area contributed by atoms with Crippen LogP contribution in [0.25, 0.3) is 0 Å². The minimum Gasteiger partial charge on any atom is -0.393 e. The van der Waals surface area contributed by atoms with E-state index in [2.05, 4.69) is 0 Å². The first-order chi connectivity index (χ1) is 10.6. The van der Waals surface area contributed by atoms with Crippen molar-refractivity contribution in [3.8, 4) is 0 Å². The van der Waals surface area contributed by atoms with Gasteiger partial charge in [0.15, 0.2) is 0 Å². The molecule has 0 spiro atoms. The van der Waals surface area contributed by atoms with Gasteiger partial charge in [0.2, 0.25) is 0 Å². The number of esters is 4. The Kier molecular flexibility index (Phi) is 1.76. The van der Waals surface area contributed by atoms with Crippen LogP contribution in [0.1, 0.15) is 12.8 Å². The lowest BCUT2D eigenvalue weighted by Crippen LogP contribution is -2.45. The van der Waals surface area contributed by atoms with Crippen molar-refractivity contribution in [1.82, 2.24) is 0 Å². The number of carbonyl (C=O) groups is 4. The van der Waals surface area contributed by atoms with E-state index in [-0.39, 0.29) is 83.1 Å². The molecule has 0 unspecified atom stereocenters. The molecular weight excluding hydrogens is 288 g/mol. The van der Waals surface area contributed by atoms with Gasteiger partial charge in [0.1, 0.15) is 0 Å². The summed E-state index contributed by atoms with van der Waals surface area (Å²) in [6.45, 7) is 0. The number of carbonyl (C=O) groups excluding carboxylic acids is 4. The molecule has 0 aromatic carbocycles. The standard InChI is InChI=1S/C16H14O6/c17-13-9-3-1-4(10(9)14(18)21-13)8-6-2-5(7(3)8)11-12(6)16(20)22-15(11)19/h3-12H,1-2H2/t3-,4+,5-,6+,7?,8?,9-,10+,11-,12+. The quantitative estimate of drug-likeness (QED) is 0.360. The molecule has 6 heteroatoms. The van der Waals surface area contributed by atoms with E-state index < -0.39 is 0 Å². The molecule has 6 fully saturated rings. The molecule has 4 aliphatic carbocycles. The van der Waals surface area contributed by atoms with Crippen molar-refractivity contribution >= 4 is 23.9 Å². The fourth-order valence-electron chi connectivity index (χ4n) is 7.40. The fraction of sp³-hybridized carbons (Fsp3) is 0.750. The summed E-state index contributed by atoms with van der Waals surface area (Å²) in [6.07, 6.45) is 1.75. The van der Waals surface area contributed by atoms with Gasteiger partial charge in [-0.2, -0.15) is 0 Å². The molecule has 4 bridgehead atoms. The van der Waals surface area contributed by atoms with E-state index in [1.165, 1.54) is 0 Å². The van der Waals surface area contributed by atoms with Crippen LogP contribution in [-0.2, 0) is 28.7 Å². The zero-order valence-electron chi connectivity index (χ0n) is 11.6. The first kappa shape index (κ1) is 11.8. The van der Waals surface area contributed by atoms with E-state index in [1.54, 1.807) is 0 Å². The molecule has 6 nitrogen and oxygen atoms in total. The van der Waals surface area contributed by atoms with E-state index in [9.17, 15) is 19.2 Å². The molecule has 22 heavy (non-hydrogen) atoms. The van der Waals surface area contributed by atoms with Crippen LogP contribution >= 0.6 is 0 Å². The van der Waals surface area contributed by atoms with Gasteiger partial charge in [0.05, 0.1) is 23.7 Å². The normalized spacial score (nSPS) is 59.6. The Balaban J connectivity index is 1.46. The van der Waals surface area contributed by atoms with Gasteiger partial charge in [0, 0.05) is 0 Å². The maximum Gasteiger partial charge on any atom is 0.317 e. The summed E-state index contributed by atoms with van der Waals surface area (Å²) in [5, 5.41) is 0. The molecule has 2 saturated heterocycles. The second-order valence-corrected chi connectivity index (χ2v) is 7.86. The number of rotatable bonds is 0. The van der Waals surface area contributed by atoms with Gasteiger partial charge in [-0.3, -0.25) is 19.2 Å². The van der Waals surface area contributed by atoms with Crippen molar-refractivity contribution in [2.75, 3.05) is 0 Å². The lowest BCUT2D eigenvalue weighted by molar-refractivity contribution is -0.156. The van der Waals surface area contributed by atoms with Crippen molar-refractivity contribution < 1.29 is 28.7 Å². The van der Waals surface area contributed by atoms with Gasteiger partial charge in [-0.1, -0.05) is 0 Å². The van der Waals surface area contributed by atoms with Crippen LogP contribution in [-0.4, -0.2) is 23.9 Å². The average molecular weight is 302 g/mol. The number of cyclic esters (lactones) is 4. The Bertz CT molecular complexity index is 572. The molecule has 0 N–H and O–H groups in total. The van der Waals surface area contributed by atoms with Crippen molar-refractivity contribution in [2.24, 2.45) is 59.2 Å². The van der Waals surface area contributed by atoms with Gasteiger partial charge in [-0.15, -0.1) is 0 Å². The molecule has 6 rings (SSSR count). The Morgan fingerprint density at radius 1 is 0.545 bits per heavy atom. The van der Waals surface area contributed by atoms with E-state index in [1.807, 2.05) is 0 Å². The van der Waals surface area contributed by atoms with Crippen LogP contribution in [0.15, 0.2) is 0 Å². The highest BCUT2D eigenvalue weighted by Crippen LogP contribution is 2.74. The molecule has 0 radical (unpaired) electrons. The Labute approximate surface area is 125 Å². The zero-order valence-corrected chi connectivity index (χ0v) is 11.6. The molecule has 0 aromatic heterocycles. The first-order valence-corrected chi connectivity index (χ1v) is 8.09. The van der Waals surface area contributed by atoms with Crippen LogP contribution in [0, 0.1) is 59.2 Å². The molecule has 0 aromatic rings. The first-order valence-electron chi connectivity index (χ1n) is 8.09. The molecular formula is C16H14O6. The van der Waals surface area contributed by atoms with Crippen LogP contribution in [0.5, 0.6) is 0 Å². The highest BCUT2D eigenvalue weighted by Gasteiger charge is 2.77. The number of hydrogen-bond donors (Lipinski definition) is 0. The summed E-state index contributed by atoms with van der Waals surface area (Å²) in [7, 11) is 0. The predicted molar refractivity (Wildman–Crippen MR) is 66.3 cm³/mol. The monoisotopic (exact) mass is 302 g/mol. The van der Waals surface area contributed by atoms with Crippen molar-refractivity contribution in [2.45, 2.75) is 12.8 Å². The lowest BCUT2D eigenvalue weighted by atomic mass is 9.59. The number of fused-ring (bicyclic) bond motifs is 15. The lowest BCUT2D eigenvalue weighted by Gasteiger charge is -2.40. The zero-order chi connectivity index (χ0) is 14.9. The third-order valence-electron chi connectivity index (χ3n) is 7.62. The molecule has 6 aliphatic rings. The summed E-state index contributed by atoms with van der Waals surface area (Å²) < 4.78 is 9.73. The summed E-state index contributed by atoms with van der Waals surface area (Å²) in [4.78, 5) is 48.0. The van der Waals surface area contributed by atoms with Crippen LogP contribution in [0.2, 0.25) is 0 Å². The Morgan fingerprint density at radius 2 is 0.818 bits per heavy atom. The summed E-state index contributed by atoms with van der Waals surface area (Å²) in [5.74, 6) is -1.51. The fourth-order valence-corrected chi connectivity index (χ4v) is 7.40. The highest BCUT2D eigenvalue weighted by atomic mass is 16.6. The van der Waals surface area contributed by atoms with Crippen molar-refractivity contribution in [3.05, 3.63) is 0 Å². The minimum atomic E-state index is -0.370. The number of hydrogen-bond acceptors (Lipinski definition) is 6. The van der Waals surface area contributed by atoms with Gasteiger partial charge in [-0.05, 0) is 48.3 Å². The molecule has 2 aliphatic heterocycles. The summed E-state index contributed by atoms with van der Waals surface area (Å²) >= 11 is 0. The SMILES string of the molecule is O=C1OC(=O)[C@H]2[C@@H]1[C@H]1C[C@@H]2C2C1[C@@H]1C[C@H]2[C@H]2C(=O)OC(=O)[C@H]21. The molecule has 4 saturated carbocycles. The highest BCUT2D eigenvalue weighted by molar-refractivity contribution is 5.99. The van der Waals surface area contributed by atoms with Crippen molar-refractivity contribution in [3.63, 3.8) is 0 Å². The minimum absolute atomic E-state index is 0.151. The summed E-state index contributed by atoms with van der Waals surface area (Å²) in [6, 6.07) is 0. The van der Waals surface area contributed by atoms with Crippen molar-refractivity contribution in [1.29, 1.82) is 0 Å². The van der Waals surface area contributed by atoms with Crippen LogP contribution in [0.4, 0.5) is 0 Å². The van der Waals surface area contributed by atoms with Gasteiger partial charge in [0.25, 0.3) is 0 Å². The average Bonchev–Trinajstić information content (AvgIpc) is 3.21. The smallest absolute Gasteiger partial charge is 0.317 e. The predicted octanol–water partition coefficient (Wildman–Crippen LogP) is 0.150. The Hall–Kier alpha value is -1.72.